The van der Waals surface area contributed by atoms with Crippen LogP contribution in [0.2, 0.25) is 0 Å². The Balaban J connectivity index is 2.16. The van der Waals surface area contributed by atoms with Crippen LogP contribution in [0.15, 0.2) is 18.2 Å². The third-order valence-electron chi connectivity index (χ3n) is 4.13. The van der Waals surface area contributed by atoms with Gasteiger partial charge in [0.2, 0.25) is 0 Å². The van der Waals surface area contributed by atoms with Crippen LogP contribution in [0.25, 0.3) is 0 Å². The van der Waals surface area contributed by atoms with E-state index in [0.29, 0.717) is 6.04 Å². The topological polar surface area (TPSA) is 30.3 Å². The molecule has 1 aromatic carbocycles. The van der Waals surface area contributed by atoms with Crippen molar-refractivity contribution in [3.8, 4) is 6.07 Å². The van der Waals surface area contributed by atoms with Gasteiger partial charge in [-0.1, -0.05) is 19.1 Å². The van der Waals surface area contributed by atoms with Crippen molar-refractivity contribution in [2.45, 2.75) is 32.7 Å². The third-order valence-corrected chi connectivity index (χ3v) is 4.13. The van der Waals surface area contributed by atoms with Crippen molar-refractivity contribution < 1.29 is 0 Å². The Morgan fingerprint density at radius 2 is 2.26 bits per heavy atom. The zero-order chi connectivity index (χ0) is 13.8. The summed E-state index contributed by atoms with van der Waals surface area (Å²) in [4.78, 5) is 4.80. The maximum atomic E-state index is 9.26. The molecule has 2 rings (SSSR count). The van der Waals surface area contributed by atoms with E-state index in [-0.39, 0.29) is 0 Å². The molecule has 3 heteroatoms. The van der Waals surface area contributed by atoms with E-state index in [2.05, 4.69) is 42.8 Å². The second-order valence-corrected chi connectivity index (χ2v) is 5.39. The van der Waals surface area contributed by atoms with Crippen LogP contribution in [-0.2, 0) is 0 Å². The standard InChI is InChI=1S/C16H23N3/c1-4-19-10-6-9-15(19)12-18(3)16-13(2)7-5-8-14(16)11-17/h5,7-8,15H,4,6,9-10,12H2,1-3H3. The molecule has 1 unspecified atom stereocenters. The van der Waals surface area contributed by atoms with Gasteiger partial charge >= 0.3 is 0 Å². The van der Waals surface area contributed by atoms with Gasteiger partial charge < -0.3 is 4.90 Å². The molecule has 1 saturated heterocycles. The Kier molecular flexibility index (Phi) is 4.44. The first kappa shape index (κ1) is 13.9. The number of hydrogen-bond donors (Lipinski definition) is 0. The van der Waals surface area contributed by atoms with E-state index in [1.165, 1.54) is 24.9 Å². The molecule has 0 bridgehead atoms. The Hall–Kier alpha value is -1.53. The summed E-state index contributed by atoms with van der Waals surface area (Å²) in [6.07, 6.45) is 2.57. The summed E-state index contributed by atoms with van der Waals surface area (Å²) in [5, 5.41) is 9.26. The highest BCUT2D eigenvalue weighted by molar-refractivity contribution is 5.63. The quantitative estimate of drug-likeness (QED) is 0.831. The van der Waals surface area contributed by atoms with Crippen molar-refractivity contribution in [1.82, 2.24) is 4.90 Å². The van der Waals surface area contributed by atoms with E-state index in [4.69, 9.17) is 0 Å². The second-order valence-electron chi connectivity index (χ2n) is 5.39. The van der Waals surface area contributed by atoms with Crippen molar-refractivity contribution in [3.05, 3.63) is 29.3 Å². The van der Waals surface area contributed by atoms with Crippen molar-refractivity contribution in [2.75, 3.05) is 31.6 Å². The highest BCUT2D eigenvalue weighted by Crippen LogP contribution is 2.26. The molecule has 0 radical (unpaired) electrons. The number of nitriles is 1. The molecule has 1 aliphatic heterocycles. The molecule has 0 N–H and O–H groups in total. The molecule has 3 nitrogen and oxygen atoms in total. The van der Waals surface area contributed by atoms with Gasteiger partial charge in [0, 0.05) is 19.6 Å². The Morgan fingerprint density at radius 1 is 1.47 bits per heavy atom. The molecule has 1 aromatic rings. The van der Waals surface area contributed by atoms with Crippen molar-refractivity contribution >= 4 is 5.69 Å². The molecule has 0 saturated carbocycles. The molecular formula is C16H23N3. The van der Waals surface area contributed by atoms with Gasteiger partial charge in [-0.25, -0.2) is 0 Å². The van der Waals surface area contributed by atoms with Crippen LogP contribution >= 0.6 is 0 Å². The van der Waals surface area contributed by atoms with Crippen molar-refractivity contribution in [3.63, 3.8) is 0 Å². The van der Waals surface area contributed by atoms with Crippen LogP contribution in [0.1, 0.15) is 30.9 Å². The molecule has 19 heavy (non-hydrogen) atoms. The highest BCUT2D eigenvalue weighted by Gasteiger charge is 2.25. The van der Waals surface area contributed by atoms with Gasteiger partial charge in [-0.15, -0.1) is 0 Å². The van der Waals surface area contributed by atoms with Crippen LogP contribution in [0.3, 0.4) is 0 Å². The van der Waals surface area contributed by atoms with E-state index in [1.807, 2.05) is 12.1 Å². The number of aryl methyl sites for hydroxylation is 1. The minimum absolute atomic E-state index is 0.626. The molecular weight excluding hydrogens is 234 g/mol. The van der Waals surface area contributed by atoms with E-state index in [0.717, 1.165) is 24.3 Å². The predicted molar refractivity (Wildman–Crippen MR) is 79.4 cm³/mol. The van der Waals surface area contributed by atoms with Gasteiger partial charge in [0.25, 0.3) is 0 Å². The lowest BCUT2D eigenvalue weighted by molar-refractivity contribution is 0.270. The number of likely N-dealkylation sites (tertiary alicyclic amines) is 1. The highest BCUT2D eigenvalue weighted by atomic mass is 15.2. The fourth-order valence-electron chi connectivity index (χ4n) is 3.18. The molecule has 0 amide bonds. The number of hydrogen-bond acceptors (Lipinski definition) is 3. The molecule has 1 atom stereocenters. The minimum atomic E-state index is 0.626. The van der Waals surface area contributed by atoms with E-state index in [1.54, 1.807) is 0 Å². The van der Waals surface area contributed by atoms with Gasteiger partial charge in [-0.3, -0.25) is 4.90 Å². The van der Waals surface area contributed by atoms with Gasteiger partial charge in [0.15, 0.2) is 0 Å². The van der Waals surface area contributed by atoms with E-state index >= 15 is 0 Å². The van der Waals surface area contributed by atoms with Crippen LogP contribution in [0.4, 0.5) is 5.69 Å². The lowest BCUT2D eigenvalue weighted by Crippen LogP contribution is -2.39. The van der Waals surface area contributed by atoms with Gasteiger partial charge in [-0.2, -0.15) is 5.26 Å². The van der Waals surface area contributed by atoms with Gasteiger partial charge in [-0.05, 0) is 44.5 Å². The first-order valence-corrected chi connectivity index (χ1v) is 7.12. The van der Waals surface area contributed by atoms with Gasteiger partial charge in [0.1, 0.15) is 6.07 Å². The SMILES string of the molecule is CCN1CCCC1CN(C)c1c(C)cccc1C#N. The van der Waals surface area contributed by atoms with Crippen LogP contribution < -0.4 is 4.90 Å². The Bertz CT molecular complexity index is 475. The summed E-state index contributed by atoms with van der Waals surface area (Å²) in [6, 6.07) is 8.89. The summed E-state index contributed by atoms with van der Waals surface area (Å²) >= 11 is 0. The Labute approximate surface area is 116 Å². The fraction of sp³-hybridized carbons (Fsp3) is 0.562. The molecule has 0 aromatic heterocycles. The predicted octanol–water partition coefficient (Wildman–Crippen LogP) is 2.79. The van der Waals surface area contributed by atoms with Crippen LogP contribution in [-0.4, -0.2) is 37.6 Å². The van der Waals surface area contributed by atoms with Crippen LogP contribution in [0, 0.1) is 18.3 Å². The van der Waals surface area contributed by atoms with Gasteiger partial charge in [0.05, 0.1) is 11.3 Å². The summed E-state index contributed by atoms with van der Waals surface area (Å²) in [6.45, 7) is 7.66. The first-order chi connectivity index (χ1) is 9.17. The van der Waals surface area contributed by atoms with Crippen molar-refractivity contribution in [1.29, 1.82) is 5.26 Å². The molecule has 1 aliphatic rings. The monoisotopic (exact) mass is 257 g/mol. The number of nitrogens with zero attached hydrogens (tertiary/aromatic N) is 3. The molecule has 0 aliphatic carbocycles. The van der Waals surface area contributed by atoms with Crippen molar-refractivity contribution in [2.24, 2.45) is 0 Å². The Morgan fingerprint density at radius 3 is 2.95 bits per heavy atom. The number of benzene rings is 1. The largest absolute Gasteiger partial charge is 0.372 e. The molecule has 1 fully saturated rings. The lowest BCUT2D eigenvalue weighted by Gasteiger charge is -2.30. The average molecular weight is 257 g/mol. The number of likely N-dealkylation sites (N-methyl/N-ethyl adjacent to an activating group) is 2. The minimum Gasteiger partial charge on any atom is -0.372 e. The summed E-state index contributed by atoms with van der Waals surface area (Å²) in [7, 11) is 2.11. The number of rotatable bonds is 4. The third kappa shape index (κ3) is 2.90. The fourth-order valence-corrected chi connectivity index (χ4v) is 3.18. The maximum absolute atomic E-state index is 9.26. The number of anilines is 1. The second kappa shape index (κ2) is 6.08. The normalized spacial score (nSPS) is 19.4. The van der Waals surface area contributed by atoms with Crippen LogP contribution in [0.5, 0.6) is 0 Å². The first-order valence-electron chi connectivity index (χ1n) is 7.12. The zero-order valence-corrected chi connectivity index (χ0v) is 12.2. The zero-order valence-electron chi connectivity index (χ0n) is 12.2. The van der Waals surface area contributed by atoms with E-state index < -0.39 is 0 Å². The molecule has 0 spiro atoms. The molecule has 102 valence electrons. The number of para-hydroxylation sites is 1. The average Bonchev–Trinajstić information content (AvgIpc) is 2.85. The summed E-state index contributed by atoms with van der Waals surface area (Å²) in [5.41, 5.74) is 3.05. The molecule has 1 heterocycles. The summed E-state index contributed by atoms with van der Waals surface area (Å²) in [5.74, 6) is 0. The smallest absolute Gasteiger partial charge is 0.101 e. The lowest BCUT2D eigenvalue weighted by atomic mass is 10.1. The summed E-state index contributed by atoms with van der Waals surface area (Å²) < 4.78 is 0. The maximum Gasteiger partial charge on any atom is 0.101 e. The van der Waals surface area contributed by atoms with E-state index in [9.17, 15) is 5.26 Å².